The fraction of sp³-hybridized carbons (Fsp3) is 0.0435. The average molecular weight is 324 g/mol. The molecule has 0 amide bonds. The van der Waals surface area contributed by atoms with Crippen molar-refractivity contribution in [3.05, 3.63) is 84.4 Å². The fourth-order valence-corrected chi connectivity index (χ4v) is 4.93. The summed E-state index contributed by atoms with van der Waals surface area (Å²) in [5, 5.41) is 5.35. The first-order valence-electron chi connectivity index (χ1n) is 8.22. The maximum absolute atomic E-state index is 2.26. The summed E-state index contributed by atoms with van der Waals surface area (Å²) in [6.07, 6.45) is 0. The molecule has 114 valence electrons. The van der Waals surface area contributed by atoms with Crippen LogP contribution >= 0.6 is 11.3 Å². The van der Waals surface area contributed by atoms with Gasteiger partial charge in [-0.2, -0.15) is 0 Å². The van der Waals surface area contributed by atoms with Crippen LogP contribution in [0.1, 0.15) is 5.56 Å². The molecular weight excluding hydrogens is 308 g/mol. The Balaban J connectivity index is 1.93. The Bertz CT molecular complexity index is 1210. The highest BCUT2D eigenvalue weighted by atomic mass is 32.1. The van der Waals surface area contributed by atoms with Crippen LogP contribution in [0.4, 0.5) is 0 Å². The second-order valence-corrected chi connectivity index (χ2v) is 7.28. The molecule has 0 aliphatic carbocycles. The van der Waals surface area contributed by atoms with Crippen molar-refractivity contribution in [3.63, 3.8) is 0 Å². The van der Waals surface area contributed by atoms with E-state index in [1.54, 1.807) is 0 Å². The molecule has 0 aliphatic heterocycles. The number of aryl methyl sites for hydroxylation is 1. The molecule has 5 aromatic rings. The maximum atomic E-state index is 2.26. The molecule has 0 saturated carbocycles. The first-order chi connectivity index (χ1) is 11.8. The summed E-state index contributed by atoms with van der Waals surface area (Å²) in [6, 6.07) is 28.5. The van der Waals surface area contributed by atoms with Crippen LogP contribution in [0.2, 0.25) is 0 Å². The minimum absolute atomic E-state index is 1.30. The van der Waals surface area contributed by atoms with E-state index in [-0.39, 0.29) is 0 Å². The number of fused-ring (bicyclic) bond motifs is 4. The van der Waals surface area contributed by atoms with E-state index < -0.39 is 0 Å². The van der Waals surface area contributed by atoms with Gasteiger partial charge < -0.3 is 0 Å². The highest BCUT2D eigenvalue weighted by Gasteiger charge is 2.12. The largest absolute Gasteiger partial charge is 0.134 e. The van der Waals surface area contributed by atoms with Gasteiger partial charge in [0.2, 0.25) is 0 Å². The van der Waals surface area contributed by atoms with Gasteiger partial charge >= 0.3 is 0 Å². The van der Waals surface area contributed by atoms with Gasteiger partial charge in [-0.25, -0.2) is 0 Å². The molecule has 0 atom stereocenters. The zero-order chi connectivity index (χ0) is 16.1. The van der Waals surface area contributed by atoms with Crippen LogP contribution in [0, 0.1) is 6.92 Å². The molecule has 0 bridgehead atoms. The van der Waals surface area contributed by atoms with Gasteiger partial charge in [0.25, 0.3) is 0 Å². The van der Waals surface area contributed by atoms with E-state index in [1.165, 1.54) is 47.6 Å². The predicted molar refractivity (Wildman–Crippen MR) is 107 cm³/mol. The Kier molecular flexibility index (Phi) is 2.97. The van der Waals surface area contributed by atoms with Crippen molar-refractivity contribution in [3.8, 4) is 11.1 Å². The van der Waals surface area contributed by atoms with Gasteiger partial charge in [0.15, 0.2) is 0 Å². The minimum Gasteiger partial charge on any atom is -0.134 e. The quantitative estimate of drug-likeness (QED) is 0.306. The van der Waals surface area contributed by atoms with Crippen LogP contribution in [0.3, 0.4) is 0 Å². The lowest BCUT2D eigenvalue weighted by Crippen LogP contribution is -1.81. The zero-order valence-electron chi connectivity index (χ0n) is 13.4. The number of hydrogen-bond acceptors (Lipinski definition) is 1. The molecule has 0 saturated heterocycles. The summed E-state index contributed by atoms with van der Waals surface area (Å²) in [7, 11) is 0. The number of hydrogen-bond donors (Lipinski definition) is 0. The van der Waals surface area contributed by atoms with E-state index in [9.17, 15) is 0 Å². The third-order valence-electron chi connectivity index (χ3n) is 4.80. The van der Waals surface area contributed by atoms with E-state index >= 15 is 0 Å². The number of rotatable bonds is 1. The predicted octanol–water partition coefficient (Wildman–Crippen LogP) is 7.18. The van der Waals surface area contributed by atoms with Crippen molar-refractivity contribution in [2.24, 2.45) is 0 Å². The van der Waals surface area contributed by atoms with Crippen LogP contribution in [-0.2, 0) is 0 Å². The van der Waals surface area contributed by atoms with Crippen LogP contribution in [-0.4, -0.2) is 0 Å². The van der Waals surface area contributed by atoms with Gasteiger partial charge in [0.1, 0.15) is 0 Å². The highest BCUT2D eigenvalue weighted by Crippen LogP contribution is 2.42. The first-order valence-corrected chi connectivity index (χ1v) is 9.03. The van der Waals surface area contributed by atoms with E-state index in [0.29, 0.717) is 0 Å². The number of thiophene rings is 1. The van der Waals surface area contributed by atoms with E-state index in [0.717, 1.165) is 0 Å². The molecule has 5 rings (SSSR count). The smallest absolute Gasteiger partial charge is 0.0434 e. The lowest BCUT2D eigenvalue weighted by Gasteiger charge is -2.08. The average Bonchev–Trinajstić information content (AvgIpc) is 3.02. The van der Waals surface area contributed by atoms with Crippen LogP contribution in [0.25, 0.3) is 42.1 Å². The van der Waals surface area contributed by atoms with Crippen LogP contribution in [0.15, 0.2) is 78.9 Å². The third kappa shape index (κ3) is 1.92. The summed E-state index contributed by atoms with van der Waals surface area (Å²) in [5.41, 5.74) is 4.02. The fourth-order valence-electron chi connectivity index (χ4n) is 3.63. The second-order valence-electron chi connectivity index (χ2n) is 6.26. The van der Waals surface area contributed by atoms with Gasteiger partial charge in [0.05, 0.1) is 0 Å². The molecule has 0 N–H and O–H groups in total. The van der Waals surface area contributed by atoms with Gasteiger partial charge in [-0.15, -0.1) is 11.3 Å². The van der Waals surface area contributed by atoms with Crippen molar-refractivity contribution in [1.82, 2.24) is 0 Å². The Hall–Kier alpha value is -2.64. The first kappa shape index (κ1) is 13.8. The molecular formula is C23H16S. The molecule has 1 heterocycles. The van der Waals surface area contributed by atoms with Crippen molar-refractivity contribution in [2.75, 3.05) is 0 Å². The Morgan fingerprint density at radius 1 is 0.542 bits per heavy atom. The summed E-state index contributed by atoms with van der Waals surface area (Å²) in [5.74, 6) is 0. The van der Waals surface area contributed by atoms with Crippen molar-refractivity contribution in [1.29, 1.82) is 0 Å². The Labute approximate surface area is 145 Å². The molecule has 1 aromatic heterocycles. The molecule has 0 unspecified atom stereocenters. The lowest BCUT2D eigenvalue weighted by molar-refractivity contribution is 1.56. The SMILES string of the molecule is Cc1cccc2c1sc1c(-c3cccc4ccccc34)cccc12. The van der Waals surface area contributed by atoms with Crippen LogP contribution < -0.4 is 0 Å². The molecule has 0 radical (unpaired) electrons. The Morgan fingerprint density at radius 2 is 1.17 bits per heavy atom. The molecule has 4 aromatic carbocycles. The van der Waals surface area contributed by atoms with Gasteiger partial charge in [-0.1, -0.05) is 78.9 Å². The third-order valence-corrected chi connectivity index (χ3v) is 6.19. The van der Waals surface area contributed by atoms with E-state index in [4.69, 9.17) is 0 Å². The van der Waals surface area contributed by atoms with Crippen molar-refractivity contribution in [2.45, 2.75) is 6.92 Å². The highest BCUT2D eigenvalue weighted by molar-refractivity contribution is 7.26. The summed E-state index contributed by atoms with van der Waals surface area (Å²) in [4.78, 5) is 0. The molecule has 1 heteroatoms. The van der Waals surface area contributed by atoms with Gasteiger partial charge in [-0.05, 0) is 28.8 Å². The molecule has 0 nitrogen and oxygen atoms in total. The second kappa shape index (κ2) is 5.19. The lowest BCUT2D eigenvalue weighted by atomic mass is 9.97. The maximum Gasteiger partial charge on any atom is 0.0434 e. The summed E-state index contributed by atoms with van der Waals surface area (Å²) >= 11 is 1.92. The summed E-state index contributed by atoms with van der Waals surface area (Å²) < 4.78 is 2.79. The van der Waals surface area contributed by atoms with E-state index in [1.807, 2.05) is 11.3 Å². The van der Waals surface area contributed by atoms with Crippen molar-refractivity contribution >= 4 is 42.3 Å². The van der Waals surface area contributed by atoms with Gasteiger partial charge in [-0.3, -0.25) is 0 Å². The van der Waals surface area contributed by atoms with Crippen molar-refractivity contribution < 1.29 is 0 Å². The standard InChI is InChI=1S/C23H16S/c1-15-7-4-12-20-21-14-6-13-19(23(21)24-22(15)20)18-11-5-9-16-8-2-3-10-17(16)18/h2-14H,1H3. The van der Waals surface area contributed by atoms with E-state index in [2.05, 4.69) is 85.8 Å². The molecule has 0 fully saturated rings. The Morgan fingerprint density at radius 3 is 2.08 bits per heavy atom. The van der Waals surface area contributed by atoms with Gasteiger partial charge in [0, 0.05) is 25.7 Å². The minimum atomic E-state index is 1.30. The number of benzene rings is 4. The zero-order valence-corrected chi connectivity index (χ0v) is 14.2. The molecule has 24 heavy (non-hydrogen) atoms. The summed E-state index contributed by atoms with van der Waals surface area (Å²) in [6.45, 7) is 2.20. The monoisotopic (exact) mass is 324 g/mol. The van der Waals surface area contributed by atoms with Crippen LogP contribution in [0.5, 0.6) is 0 Å². The topological polar surface area (TPSA) is 0 Å². The normalized spacial score (nSPS) is 11.5. The molecule has 0 spiro atoms. The molecule has 0 aliphatic rings.